The molecule has 0 aromatic heterocycles. The fraction of sp³-hybridized carbons (Fsp3) is 0.800. The Morgan fingerprint density at radius 1 is 1.54 bits per heavy atom. The quantitative estimate of drug-likeness (QED) is 0.376. The van der Waals surface area contributed by atoms with E-state index in [1.54, 1.807) is 0 Å². The van der Waals surface area contributed by atoms with Crippen LogP contribution in [0.15, 0.2) is 0 Å². The summed E-state index contributed by atoms with van der Waals surface area (Å²) in [7, 11) is -0.695. The summed E-state index contributed by atoms with van der Waals surface area (Å²) in [6.07, 6.45) is 0.632. The molecule has 0 atom stereocenters. The first kappa shape index (κ1) is 14.8. The molecule has 13 heavy (non-hydrogen) atoms. The maximum Gasteiger partial charge on any atom is 0.423 e. The summed E-state index contributed by atoms with van der Waals surface area (Å²) in [5.41, 5.74) is 0. The molecule has 0 amide bonds. The van der Waals surface area contributed by atoms with Crippen LogP contribution in [0.2, 0.25) is 0 Å². The first-order valence-corrected chi connectivity index (χ1v) is 4.52. The third-order valence-electron chi connectivity index (χ3n) is 0.765. The average Bonchev–Trinajstić information content (AvgIpc) is 2.01. The second kappa shape index (κ2) is 7.90. The van der Waals surface area contributed by atoms with Gasteiger partial charge in [0.15, 0.2) is 0 Å². The van der Waals surface area contributed by atoms with Gasteiger partial charge in [-0.25, -0.2) is 5.26 Å². The zero-order chi connectivity index (χ0) is 10.9. The van der Waals surface area contributed by atoms with Gasteiger partial charge in [-0.05, 0) is 14.1 Å². The van der Waals surface area contributed by atoms with Gasteiger partial charge in [-0.2, -0.15) is 13.7 Å². The molecular weight excluding hydrogens is 200 g/mol. The predicted octanol–water partition coefficient (Wildman–Crippen LogP) is -0.260. The molecule has 0 rings (SSSR count). The van der Waals surface area contributed by atoms with Crippen molar-refractivity contribution >= 4 is 10.4 Å². The van der Waals surface area contributed by atoms with E-state index in [-0.39, 0.29) is 0 Å². The molecule has 0 aromatic rings. The Balaban J connectivity index is 0. The molecule has 78 valence electrons. The Morgan fingerprint density at radius 2 is 1.92 bits per heavy atom. The van der Waals surface area contributed by atoms with Gasteiger partial charge >= 0.3 is 10.4 Å². The number of nitriles is 1. The van der Waals surface area contributed by atoms with Crippen LogP contribution in [0.5, 0.6) is 0 Å². The lowest BCUT2D eigenvalue weighted by molar-refractivity contribution is -0.139. The molecule has 0 fully saturated rings. The summed E-state index contributed by atoms with van der Waals surface area (Å²) < 4.78 is 28.0. The van der Waals surface area contributed by atoms with Crippen LogP contribution in [0.1, 0.15) is 6.42 Å². The number of nitrogens with zero attached hydrogens (tertiary/aromatic N) is 2. The van der Waals surface area contributed by atoms with Gasteiger partial charge in [-0.1, -0.05) is 4.33 Å². The highest BCUT2D eigenvalue weighted by atomic mass is 32.3. The smallest absolute Gasteiger partial charge is 0.308 e. The highest BCUT2D eigenvalue weighted by Crippen LogP contribution is 1.76. The van der Waals surface area contributed by atoms with E-state index >= 15 is 0 Å². The summed E-state index contributed by atoms with van der Waals surface area (Å²) in [5.74, 6) is 0. The largest absolute Gasteiger partial charge is 0.423 e. The first-order chi connectivity index (χ1) is 5.83. The van der Waals surface area contributed by atoms with Crippen LogP contribution in [-0.2, 0) is 14.7 Å². The molecular formula is C5H12N2O5S. The lowest BCUT2D eigenvalue weighted by Crippen LogP contribution is -2.11. The van der Waals surface area contributed by atoms with Crippen molar-refractivity contribution in [2.45, 2.75) is 6.42 Å². The minimum Gasteiger partial charge on any atom is -0.308 e. The van der Waals surface area contributed by atoms with Crippen molar-refractivity contribution < 1.29 is 22.6 Å². The molecule has 0 aliphatic heterocycles. The van der Waals surface area contributed by atoms with Crippen LogP contribution < -0.4 is 0 Å². The molecule has 0 saturated carbocycles. The van der Waals surface area contributed by atoms with E-state index < -0.39 is 10.4 Å². The molecule has 0 aliphatic rings. The summed E-state index contributed by atoms with van der Waals surface area (Å²) in [5, 5.41) is 15.1. The molecule has 0 heterocycles. The molecule has 2 N–H and O–H groups in total. The predicted molar refractivity (Wildman–Crippen MR) is 44.0 cm³/mol. The van der Waals surface area contributed by atoms with E-state index in [0.29, 0.717) is 6.42 Å². The van der Waals surface area contributed by atoms with E-state index in [0.717, 1.165) is 6.54 Å². The van der Waals surface area contributed by atoms with Crippen molar-refractivity contribution in [1.82, 2.24) is 4.90 Å². The maximum absolute atomic E-state index is 9.08. The Kier molecular flexibility index (Phi) is 8.99. The Morgan fingerprint density at radius 3 is 2.00 bits per heavy atom. The fourth-order valence-electron chi connectivity index (χ4n) is 0.274. The van der Waals surface area contributed by atoms with Crippen LogP contribution in [-0.4, -0.2) is 43.8 Å². The van der Waals surface area contributed by atoms with Crippen molar-refractivity contribution in [2.75, 3.05) is 20.6 Å². The van der Waals surface area contributed by atoms with Gasteiger partial charge in [0.2, 0.25) is 0 Å². The second-order valence-corrected chi connectivity index (χ2v) is 3.22. The molecule has 8 heteroatoms. The van der Waals surface area contributed by atoms with Crippen LogP contribution in [0.4, 0.5) is 0 Å². The third kappa shape index (κ3) is 24.6. The zero-order valence-electron chi connectivity index (χ0n) is 7.34. The minimum absolute atomic E-state index is 0.632. The van der Waals surface area contributed by atoms with Gasteiger partial charge in [0.05, 0.1) is 6.07 Å². The van der Waals surface area contributed by atoms with Gasteiger partial charge in [-0.3, -0.25) is 4.55 Å². The lowest BCUT2D eigenvalue weighted by Gasteiger charge is -2.02. The Bertz CT molecular complexity index is 242. The van der Waals surface area contributed by atoms with Crippen LogP contribution in [0, 0.1) is 11.3 Å². The maximum atomic E-state index is 9.08. The summed E-state index contributed by atoms with van der Waals surface area (Å²) >= 11 is 0. The Labute approximate surface area is 77.0 Å². The topological polar surface area (TPSA) is 111 Å². The van der Waals surface area contributed by atoms with Crippen LogP contribution in [0.25, 0.3) is 0 Å². The van der Waals surface area contributed by atoms with E-state index in [9.17, 15) is 0 Å². The summed E-state index contributed by atoms with van der Waals surface area (Å²) in [4.78, 5) is 1.99. The number of rotatable bonds is 3. The highest BCUT2D eigenvalue weighted by Gasteiger charge is 1.97. The Hall–Kier alpha value is -0.720. The summed E-state index contributed by atoms with van der Waals surface area (Å²) in [6, 6.07) is 2.06. The van der Waals surface area contributed by atoms with E-state index in [1.807, 2.05) is 19.0 Å². The molecule has 0 bridgehead atoms. The van der Waals surface area contributed by atoms with Crippen LogP contribution >= 0.6 is 0 Å². The lowest BCUT2D eigenvalue weighted by atomic mass is 10.4. The van der Waals surface area contributed by atoms with Gasteiger partial charge in [0, 0.05) is 13.0 Å². The van der Waals surface area contributed by atoms with E-state index in [1.165, 1.54) is 0 Å². The van der Waals surface area contributed by atoms with E-state index in [2.05, 4.69) is 10.4 Å². The molecule has 0 saturated heterocycles. The summed E-state index contributed by atoms with van der Waals surface area (Å²) in [6.45, 7) is 0.872. The van der Waals surface area contributed by atoms with Gasteiger partial charge < -0.3 is 4.90 Å². The van der Waals surface area contributed by atoms with Crippen molar-refractivity contribution in [3.8, 4) is 6.07 Å². The first-order valence-electron chi connectivity index (χ1n) is 3.15. The SMILES string of the molecule is CN(C)CCC#N.O=S(=O)(O)OO. The molecule has 0 radical (unpaired) electrons. The van der Waals surface area contributed by atoms with Crippen molar-refractivity contribution in [1.29, 1.82) is 5.26 Å². The van der Waals surface area contributed by atoms with Gasteiger partial charge in [0.1, 0.15) is 0 Å². The highest BCUT2D eigenvalue weighted by molar-refractivity contribution is 7.80. The van der Waals surface area contributed by atoms with Crippen molar-refractivity contribution in [3.05, 3.63) is 0 Å². The monoisotopic (exact) mass is 212 g/mol. The average molecular weight is 212 g/mol. The molecule has 0 aliphatic carbocycles. The van der Waals surface area contributed by atoms with Crippen molar-refractivity contribution in [3.63, 3.8) is 0 Å². The second-order valence-electron chi connectivity index (χ2n) is 2.21. The minimum atomic E-state index is -4.61. The number of hydrogen-bond donors (Lipinski definition) is 2. The van der Waals surface area contributed by atoms with Crippen molar-refractivity contribution in [2.24, 2.45) is 0 Å². The van der Waals surface area contributed by atoms with Gasteiger partial charge in [-0.15, -0.1) is 0 Å². The molecule has 0 unspecified atom stereocenters. The molecule has 0 spiro atoms. The standard InChI is InChI=1S/C5H10N2.H2O5S/c1-7(2)5-3-4-6;1-5-6(2,3)4/h3,5H2,1-2H3;1H,(H,2,3,4). The molecule has 0 aromatic carbocycles. The zero-order valence-corrected chi connectivity index (χ0v) is 8.15. The van der Waals surface area contributed by atoms with E-state index in [4.69, 9.17) is 23.5 Å². The van der Waals surface area contributed by atoms with Crippen LogP contribution in [0.3, 0.4) is 0 Å². The van der Waals surface area contributed by atoms with Gasteiger partial charge in [0.25, 0.3) is 0 Å². The fourth-order valence-corrected chi connectivity index (χ4v) is 0.274. The third-order valence-corrected chi connectivity index (χ3v) is 0.953. The molecule has 7 nitrogen and oxygen atoms in total. The normalized spacial score (nSPS) is 10.2. The number of hydrogen-bond acceptors (Lipinski definition) is 6.